The Hall–Kier alpha value is -2.74. The number of amides is 1. The number of carbonyl (C=O) groups excluding carboxylic acids is 1. The second-order valence-electron chi connectivity index (χ2n) is 8.56. The van der Waals surface area contributed by atoms with E-state index in [0.29, 0.717) is 41.9 Å². The van der Waals surface area contributed by atoms with E-state index in [1.54, 1.807) is 41.3 Å². The van der Waals surface area contributed by atoms with E-state index in [9.17, 15) is 13.2 Å². The number of halogens is 2. The van der Waals surface area contributed by atoms with E-state index in [0.717, 1.165) is 21.1 Å². The van der Waals surface area contributed by atoms with Gasteiger partial charge in [-0.15, -0.1) is 0 Å². The van der Waals surface area contributed by atoms with Crippen LogP contribution in [0.1, 0.15) is 11.1 Å². The topological polar surface area (TPSA) is 60.9 Å². The van der Waals surface area contributed by atoms with Gasteiger partial charge in [-0.2, -0.15) is 0 Å². The average molecular weight is 532 g/mol. The van der Waals surface area contributed by atoms with Crippen molar-refractivity contribution in [2.45, 2.75) is 18.7 Å². The number of piperazine rings is 1. The van der Waals surface area contributed by atoms with Crippen LogP contribution in [0.15, 0.2) is 71.6 Å². The quantitative estimate of drug-likeness (QED) is 0.441. The number of hydrogen-bond donors (Lipinski definition) is 0. The molecule has 0 atom stereocenters. The summed E-state index contributed by atoms with van der Waals surface area (Å²) in [4.78, 5) is 17.3. The normalized spacial score (nSPS) is 14.2. The largest absolute Gasteiger partial charge is 0.368 e. The summed E-state index contributed by atoms with van der Waals surface area (Å²) >= 11 is 12.5. The Bertz CT molecular complexity index is 1320. The minimum absolute atomic E-state index is 0.116. The number of nitrogens with zero attached hydrogens (tertiary/aromatic N) is 3. The molecule has 1 heterocycles. The lowest BCUT2D eigenvalue weighted by Gasteiger charge is -2.37. The molecule has 0 unspecified atom stereocenters. The molecule has 0 spiro atoms. The average Bonchev–Trinajstić information content (AvgIpc) is 2.86. The first-order valence-electron chi connectivity index (χ1n) is 11.3. The van der Waals surface area contributed by atoms with Crippen molar-refractivity contribution in [2.75, 3.05) is 41.9 Å². The predicted octanol–water partition coefficient (Wildman–Crippen LogP) is 5.15. The molecule has 0 aliphatic carbocycles. The Morgan fingerprint density at radius 3 is 2.20 bits per heavy atom. The van der Waals surface area contributed by atoms with Crippen LogP contribution in [-0.2, 0) is 14.8 Å². The first-order valence-corrected chi connectivity index (χ1v) is 13.5. The SMILES string of the molecule is Cc1ccc(N(CC(=O)N2CCN(c3cc(Cl)ccc3C)CC2)S(=O)(=O)c2ccccc2)cc1Cl. The van der Waals surface area contributed by atoms with Gasteiger partial charge in [0.05, 0.1) is 10.6 Å². The maximum absolute atomic E-state index is 13.5. The van der Waals surface area contributed by atoms with Crippen molar-refractivity contribution in [3.63, 3.8) is 0 Å². The lowest BCUT2D eigenvalue weighted by molar-refractivity contribution is -0.129. The van der Waals surface area contributed by atoms with E-state index in [-0.39, 0.29) is 17.3 Å². The maximum Gasteiger partial charge on any atom is 0.264 e. The van der Waals surface area contributed by atoms with Gasteiger partial charge in [0.15, 0.2) is 0 Å². The van der Waals surface area contributed by atoms with E-state index in [1.165, 1.54) is 12.1 Å². The molecule has 1 aliphatic heterocycles. The van der Waals surface area contributed by atoms with Crippen molar-refractivity contribution >= 4 is 50.5 Å². The molecule has 1 fully saturated rings. The van der Waals surface area contributed by atoms with Crippen LogP contribution in [0.5, 0.6) is 0 Å². The van der Waals surface area contributed by atoms with Crippen LogP contribution in [0.2, 0.25) is 10.0 Å². The molecule has 3 aromatic carbocycles. The lowest BCUT2D eigenvalue weighted by Crippen LogP contribution is -2.52. The Kier molecular flexibility index (Phi) is 7.59. The van der Waals surface area contributed by atoms with Crippen molar-refractivity contribution in [1.29, 1.82) is 0 Å². The van der Waals surface area contributed by atoms with Crippen molar-refractivity contribution < 1.29 is 13.2 Å². The number of carbonyl (C=O) groups is 1. The van der Waals surface area contributed by atoms with Crippen LogP contribution in [0.3, 0.4) is 0 Å². The summed E-state index contributed by atoms with van der Waals surface area (Å²) in [7, 11) is -3.98. The molecular formula is C26H27Cl2N3O3S. The van der Waals surface area contributed by atoms with Crippen LogP contribution < -0.4 is 9.21 Å². The summed E-state index contributed by atoms with van der Waals surface area (Å²) in [6.45, 7) is 5.80. The Balaban J connectivity index is 1.55. The van der Waals surface area contributed by atoms with Crippen molar-refractivity contribution in [2.24, 2.45) is 0 Å². The van der Waals surface area contributed by atoms with Crippen LogP contribution in [0.4, 0.5) is 11.4 Å². The summed E-state index contributed by atoms with van der Waals surface area (Å²) < 4.78 is 28.2. The van der Waals surface area contributed by atoms with Gasteiger partial charge in [-0.1, -0.05) is 53.5 Å². The zero-order chi connectivity index (χ0) is 25.2. The zero-order valence-electron chi connectivity index (χ0n) is 19.6. The van der Waals surface area contributed by atoms with Crippen LogP contribution in [0.25, 0.3) is 0 Å². The third kappa shape index (κ3) is 5.58. The highest BCUT2D eigenvalue weighted by Crippen LogP contribution is 2.29. The summed E-state index contributed by atoms with van der Waals surface area (Å²) in [5, 5.41) is 1.11. The number of hydrogen-bond acceptors (Lipinski definition) is 4. The number of benzene rings is 3. The zero-order valence-corrected chi connectivity index (χ0v) is 21.9. The molecule has 1 aliphatic rings. The molecule has 184 valence electrons. The van der Waals surface area contributed by atoms with Gasteiger partial charge in [-0.25, -0.2) is 8.42 Å². The highest BCUT2D eigenvalue weighted by Gasteiger charge is 2.30. The van der Waals surface area contributed by atoms with Gasteiger partial charge in [-0.05, 0) is 61.4 Å². The minimum atomic E-state index is -3.98. The first-order chi connectivity index (χ1) is 16.7. The summed E-state index contributed by atoms with van der Waals surface area (Å²) in [5.74, 6) is -0.260. The van der Waals surface area contributed by atoms with E-state index in [2.05, 4.69) is 4.90 Å². The summed E-state index contributed by atoms with van der Waals surface area (Å²) in [6.07, 6.45) is 0. The number of anilines is 2. The highest BCUT2D eigenvalue weighted by atomic mass is 35.5. The first kappa shape index (κ1) is 25.4. The molecule has 1 saturated heterocycles. The summed E-state index contributed by atoms with van der Waals surface area (Å²) in [6, 6.07) is 18.9. The van der Waals surface area contributed by atoms with E-state index < -0.39 is 10.0 Å². The second kappa shape index (κ2) is 10.5. The van der Waals surface area contributed by atoms with E-state index >= 15 is 0 Å². The number of aryl methyl sites for hydroxylation is 2. The third-order valence-electron chi connectivity index (χ3n) is 6.20. The molecule has 0 saturated carbocycles. The standard InChI is InChI=1S/C26H27Cl2N3O3S/c1-19-9-11-22(17-24(19)28)31(35(33,34)23-6-4-3-5-7-23)18-26(32)30-14-12-29(13-15-30)25-16-21(27)10-8-20(25)2/h3-11,16-17H,12-15,18H2,1-2H3. The lowest BCUT2D eigenvalue weighted by atomic mass is 10.1. The molecule has 1 amide bonds. The smallest absolute Gasteiger partial charge is 0.264 e. The molecule has 9 heteroatoms. The molecule has 35 heavy (non-hydrogen) atoms. The Morgan fingerprint density at radius 2 is 1.54 bits per heavy atom. The fourth-order valence-electron chi connectivity index (χ4n) is 4.11. The van der Waals surface area contributed by atoms with E-state index in [1.807, 2.05) is 32.0 Å². The van der Waals surface area contributed by atoms with Gasteiger partial charge in [0.1, 0.15) is 6.54 Å². The molecular weight excluding hydrogens is 505 g/mol. The molecule has 0 radical (unpaired) electrons. The van der Waals surface area contributed by atoms with Crippen molar-refractivity contribution in [1.82, 2.24) is 4.90 Å². The van der Waals surface area contributed by atoms with Crippen LogP contribution in [-0.4, -0.2) is 51.9 Å². The minimum Gasteiger partial charge on any atom is -0.368 e. The molecule has 0 bridgehead atoms. The molecule has 0 aromatic heterocycles. The Morgan fingerprint density at radius 1 is 0.886 bits per heavy atom. The molecule has 3 aromatic rings. The monoisotopic (exact) mass is 531 g/mol. The van der Waals surface area contributed by atoms with Gasteiger partial charge in [0, 0.05) is 41.9 Å². The van der Waals surface area contributed by atoms with Gasteiger partial charge in [-0.3, -0.25) is 9.10 Å². The summed E-state index contributed by atoms with van der Waals surface area (Å²) in [5.41, 5.74) is 3.34. The third-order valence-corrected chi connectivity index (χ3v) is 8.63. The fraction of sp³-hybridized carbons (Fsp3) is 0.269. The fourth-order valence-corrected chi connectivity index (χ4v) is 5.88. The van der Waals surface area contributed by atoms with Crippen molar-refractivity contribution in [3.05, 3.63) is 87.9 Å². The highest BCUT2D eigenvalue weighted by molar-refractivity contribution is 7.92. The maximum atomic E-state index is 13.5. The van der Waals surface area contributed by atoms with Gasteiger partial charge in [0.25, 0.3) is 10.0 Å². The number of rotatable bonds is 6. The Labute approximate surface area is 216 Å². The van der Waals surface area contributed by atoms with Gasteiger partial charge < -0.3 is 9.80 Å². The van der Waals surface area contributed by atoms with E-state index in [4.69, 9.17) is 23.2 Å². The van der Waals surface area contributed by atoms with Crippen molar-refractivity contribution in [3.8, 4) is 0 Å². The predicted molar refractivity (Wildman–Crippen MR) is 142 cm³/mol. The molecule has 0 N–H and O–H groups in total. The van der Waals surface area contributed by atoms with Crippen LogP contribution >= 0.6 is 23.2 Å². The van der Waals surface area contributed by atoms with Gasteiger partial charge >= 0.3 is 0 Å². The van der Waals surface area contributed by atoms with Crippen LogP contribution in [0, 0.1) is 13.8 Å². The number of sulfonamides is 1. The molecule has 4 rings (SSSR count). The van der Waals surface area contributed by atoms with Gasteiger partial charge in [0.2, 0.25) is 5.91 Å². The second-order valence-corrected chi connectivity index (χ2v) is 11.3. The molecule has 6 nitrogen and oxygen atoms in total.